The lowest BCUT2D eigenvalue weighted by Crippen LogP contribution is -2.03. The number of aromatic nitrogens is 2. The second-order valence-electron chi connectivity index (χ2n) is 5.81. The Morgan fingerprint density at radius 2 is 1.73 bits per heavy atom. The summed E-state index contributed by atoms with van der Waals surface area (Å²) in [4.78, 5) is 16.8. The zero-order valence-corrected chi connectivity index (χ0v) is 13.5. The van der Waals surface area contributed by atoms with Crippen LogP contribution in [0, 0.1) is 11.6 Å². The molecule has 0 aliphatic carbocycles. The molecule has 2 aromatic carbocycles. The minimum absolute atomic E-state index is 0.0145. The molecule has 0 saturated heterocycles. The van der Waals surface area contributed by atoms with Gasteiger partial charge in [0.1, 0.15) is 17.3 Å². The van der Waals surface area contributed by atoms with Crippen molar-refractivity contribution >= 4 is 17.2 Å². The number of nitrogens with two attached hydrogens (primary N) is 1. The molecule has 0 atom stereocenters. The number of hydrogen-bond donors (Lipinski definition) is 1. The molecular formula is C20H13F2N3O. The standard InChI is InChI=1S/C20H13F2N3O/c21-14-7-8-16(22)15(10-14)18-20(23)24-17-9-6-13(11-25(17)18)19(26)12-4-2-1-3-5-12/h1-11H,23H2. The fourth-order valence-corrected chi connectivity index (χ4v) is 2.90. The van der Waals surface area contributed by atoms with E-state index in [9.17, 15) is 13.6 Å². The Morgan fingerprint density at radius 3 is 2.50 bits per heavy atom. The van der Waals surface area contributed by atoms with Crippen molar-refractivity contribution in [1.82, 2.24) is 9.38 Å². The number of pyridine rings is 1. The molecule has 6 heteroatoms. The second kappa shape index (κ2) is 6.07. The van der Waals surface area contributed by atoms with Gasteiger partial charge in [-0.05, 0) is 30.3 Å². The van der Waals surface area contributed by atoms with Gasteiger partial charge in [0, 0.05) is 22.9 Å². The number of benzene rings is 2. The number of halogens is 2. The highest BCUT2D eigenvalue weighted by atomic mass is 19.1. The first-order valence-electron chi connectivity index (χ1n) is 7.87. The number of carbonyl (C=O) groups is 1. The van der Waals surface area contributed by atoms with E-state index in [1.807, 2.05) is 6.07 Å². The number of carbonyl (C=O) groups excluding carboxylic acids is 1. The van der Waals surface area contributed by atoms with Gasteiger partial charge in [-0.25, -0.2) is 13.8 Å². The summed E-state index contributed by atoms with van der Waals surface area (Å²) in [6.45, 7) is 0. The minimum Gasteiger partial charge on any atom is -0.382 e. The van der Waals surface area contributed by atoms with Crippen LogP contribution in [0.4, 0.5) is 14.6 Å². The van der Waals surface area contributed by atoms with Crippen LogP contribution in [0.15, 0.2) is 66.9 Å². The zero-order chi connectivity index (χ0) is 18.3. The first-order valence-corrected chi connectivity index (χ1v) is 7.87. The van der Waals surface area contributed by atoms with Gasteiger partial charge in [0.25, 0.3) is 0 Å². The first-order chi connectivity index (χ1) is 12.5. The molecule has 0 bridgehead atoms. The molecule has 0 amide bonds. The zero-order valence-electron chi connectivity index (χ0n) is 13.5. The van der Waals surface area contributed by atoms with Gasteiger partial charge in [-0.15, -0.1) is 0 Å². The van der Waals surface area contributed by atoms with E-state index in [0.29, 0.717) is 16.8 Å². The normalized spacial score (nSPS) is 11.0. The van der Waals surface area contributed by atoms with Crippen LogP contribution < -0.4 is 5.73 Å². The molecule has 26 heavy (non-hydrogen) atoms. The minimum atomic E-state index is -0.625. The van der Waals surface area contributed by atoms with E-state index in [4.69, 9.17) is 5.73 Å². The Morgan fingerprint density at radius 1 is 0.962 bits per heavy atom. The van der Waals surface area contributed by atoms with Gasteiger partial charge < -0.3 is 5.73 Å². The predicted molar refractivity (Wildman–Crippen MR) is 94.8 cm³/mol. The summed E-state index contributed by atoms with van der Waals surface area (Å²) in [5, 5.41) is 0. The van der Waals surface area contributed by atoms with Gasteiger partial charge >= 0.3 is 0 Å². The molecule has 4 aromatic rings. The number of nitrogen functional groups attached to an aromatic ring is 1. The molecule has 0 fully saturated rings. The van der Waals surface area contributed by atoms with Gasteiger partial charge in [0.05, 0.1) is 5.69 Å². The smallest absolute Gasteiger partial charge is 0.194 e. The number of imidazole rings is 1. The van der Waals surface area contributed by atoms with Gasteiger partial charge in [-0.2, -0.15) is 0 Å². The summed E-state index contributed by atoms with van der Waals surface area (Å²) < 4.78 is 29.3. The van der Waals surface area contributed by atoms with Crippen molar-refractivity contribution < 1.29 is 13.6 Å². The summed E-state index contributed by atoms with van der Waals surface area (Å²) in [7, 11) is 0. The number of nitrogens with zero attached hydrogens (tertiary/aromatic N) is 2. The lowest BCUT2D eigenvalue weighted by molar-refractivity contribution is 0.103. The van der Waals surface area contributed by atoms with Crippen molar-refractivity contribution in [3.63, 3.8) is 0 Å². The van der Waals surface area contributed by atoms with E-state index in [1.54, 1.807) is 36.4 Å². The quantitative estimate of drug-likeness (QED) is 0.567. The third-order valence-electron chi connectivity index (χ3n) is 4.13. The molecular weight excluding hydrogens is 336 g/mol. The topological polar surface area (TPSA) is 60.4 Å². The highest BCUT2D eigenvalue weighted by Gasteiger charge is 2.18. The van der Waals surface area contributed by atoms with E-state index in [-0.39, 0.29) is 22.9 Å². The summed E-state index contributed by atoms with van der Waals surface area (Å²) in [5.74, 6) is -1.35. The van der Waals surface area contributed by atoms with Crippen molar-refractivity contribution in [2.24, 2.45) is 0 Å². The lowest BCUT2D eigenvalue weighted by Gasteiger charge is -2.07. The van der Waals surface area contributed by atoms with E-state index >= 15 is 0 Å². The maximum Gasteiger partial charge on any atom is 0.194 e. The largest absolute Gasteiger partial charge is 0.382 e. The molecule has 2 heterocycles. The van der Waals surface area contributed by atoms with Crippen molar-refractivity contribution in [2.75, 3.05) is 5.73 Å². The Hall–Kier alpha value is -3.54. The number of fused-ring (bicyclic) bond motifs is 1. The molecule has 2 N–H and O–H groups in total. The highest BCUT2D eigenvalue weighted by molar-refractivity contribution is 6.09. The maximum absolute atomic E-state index is 14.2. The highest BCUT2D eigenvalue weighted by Crippen LogP contribution is 2.30. The van der Waals surface area contributed by atoms with Gasteiger partial charge in [0.15, 0.2) is 11.6 Å². The molecule has 4 rings (SSSR count). The SMILES string of the molecule is Nc1nc2ccc(C(=O)c3ccccc3)cn2c1-c1cc(F)ccc1F. The van der Waals surface area contributed by atoms with Crippen LogP contribution in [-0.4, -0.2) is 15.2 Å². The van der Waals surface area contributed by atoms with Crippen molar-refractivity contribution in [1.29, 1.82) is 0 Å². The molecule has 0 unspecified atom stereocenters. The summed E-state index contributed by atoms with van der Waals surface area (Å²) in [6.07, 6.45) is 1.54. The van der Waals surface area contributed by atoms with E-state index in [0.717, 1.165) is 18.2 Å². The molecule has 0 spiro atoms. The Balaban J connectivity index is 1.91. The van der Waals surface area contributed by atoms with Crippen LogP contribution in [-0.2, 0) is 0 Å². The number of rotatable bonds is 3. The lowest BCUT2D eigenvalue weighted by atomic mass is 10.1. The monoisotopic (exact) mass is 349 g/mol. The third kappa shape index (κ3) is 2.61. The summed E-state index contributed by atoms with van der Waals surface area (Å²) in [5.41, 5.74) is 7.48. The fourth-order valence-electron chi connectivity index (χ4n) is 2.90. The van der Waals surface area contributed by atoms with E-state index in [2.05, 4.69) is 4.98 Å². The average molecular weight is 349 g/mol. The van der Waals surface area contributed by atoms with Gasteiger partial charge in [-0.3, -0.25) is 9.20 Å². The Bertz CT molecular complexity index is 1140. The van der Waals surface area contributed by atoms with Crippen LogP contribution in [0.5, 0.6) is 0 Å². The molecule has 0 saturated carbocycles. The molecule has 0 radical (unpaired) electrons. The Labute approximate surface area is 147 Å². The number of ketones is 1. The van der Waals surface area contributed by atoms with Gasteiger partial charge in [0.2, 0.25) is 0 Å². The van der Waals surface area contributed by atoms with Crippen molar-refractivity contribution in [3.05, 3.63) is 89.6 Å². The number of hydrogen-bond acceptors (Lipinski definition) is 3. The van der Waals surface area contributed by atoms with Crippen LogP contribution in [0.1, 0.15) is 15.9 Å². The molecule has 0 aliphatic rings. The number of anilines is 1. The van der Waals surface area contributed by atoms with Crippen LogP contribution in [0.3, 0.4) is 0 Å². The predicted octanol–water partition coefficient (Wildman–Crippen LogP) is 4.09. The first kappa shape index (κ1) is 16.0. The van der Waals surface area contributed by atoms with Gasteiger partial charge in [-0.1, -0.05) is 30.3 Å². The molecule has 0 aliphatic heterocycles. The van der Waals surface area contributed by atoms with E-state index < -0.39 is 11.6 Å². The van der Waals surface area contributed by atoms with Crippen LogP contribution >= 0.6 is 0 Å². The van der Waals surface area contributed by atoms with Crippen LogP contribution in [0.2, 0.25) is 0 Å². The molecule has 2 aromatic heterocycles. The third-order valence-corrected chi connectivity index (χ3v) is 4.13. The van der Waals surface area contributed by atoms with E-state index in [1.165, 1.54) is 10.6 Å². The average Bonchev–Trinajstić information content (AvgIpc) is 2.98. The van der Waals surface area contributed by atoms with Crippen LogP contribution in [0.25, 0.3) is 16.9 Å². The Kier molecular flexibility index (Phi) is 3.73. The molecule has 128 valence electrons. The maximum atomic E-state index is 14.2. The van der Waals surface area contributed by atoms with Crippen molar-refractivity contribution in [3.8, 4) is 11.3 Å². The van der Waals surface area contributed by atoms with Crippen molar-refractivity contribution in [2.45, 2.75) is 0 Å². The molecule has 4 nitrogen and oxygen atoms in total. The second-order valence-corrected chi connectivity index (χ2v) is 5.81. The summed E-state index contributed by atoms with van der Waals surface area (Å²) in [6, 6.07) is 15.1. The summed E-state index contributed by atoms with van der Waals surface area (Å²) >= 11 is 0. The fraction of sp³-hybridized carbons (Fsp3) is 0.